The number of hydrogen-bond acceptors (Lipinski definition) is 2. The zero-order valence-corrected chi connectivity index (χ0v) is 8.75. The van der Waals surface area contributed by atoms with E-state index in [9.17, 15) is 4.79 Å². The van der Waals surface area contributed by atoms with Crippen LogP contribution in [-0.4, -0.2) is 16.2 Å². The van der Waals surface area contributed by atoms with Gasteiger partial charge in [-0.25, -0.2) is 4.99 Å². The Bertz CT molecular complexity index is 372. The van der Waals surface area contributed by atoms with E-state index in [1.165, 1.54) is 11.8 Å². The number of thioether (sulfide) groups is 1. The number of carbonyl (C=O) groups is 1. The first-order chi connectivity index (χ1) is 6.81. The maximum atomic E-state index is 11.2. The second-order valence-corrected chi connectivity index (χ2v) is 4.30. The Labute approximate surface area is 87.4 Å². The standard InChI is InChI=1S/C11H11NOS/c1-2-9-10(12-11(13)14-9)8-6-4-3-5-7-8/h3-7,9H,2H2,1H3. The largest absolute Gasteiger partial charge is 0.305 e. The molecule has 0 N–H and O–H groups in total. The summed E-state index contributed by atoms with van der Waals surface area (Å²) in [7, 11) is 0. The normalized spacial score (nSPS) is 21.1. The highest BCUT2D eigenvalue weighted by atomic mass is 32.2. The van der Waals surface area contributed by atoms with Crippen molar-refractivity contribution in [2.75, 3.05) is 0 Å². The van der Waals surface area contributed by atoms with Crippen LogP contribution in [0.3, 0.4) is 0 Å². The van der Waals surface area contributed by atoms with Gasteiger partial charge in [0, 0.05) is 0 Å². The van der Waals surface area contributed by atoms with E-state index in [2.05, 4.69) is 11.9 Å². The molecule has 1 aliphatic heterocycles. The zero-order valence-electron chi connectivity index (χ0n) is 7.93. The fourth-order valence-electron chi connectivity index (χ4n) is 1.51. The van der Waals surface area contributed by atoms with Crippen molar-refractivity contribution in [3.63, 3.8) is 0 Å². The predicted octanol–water partition coefficient (Wildman–Crippen LogP) is 3.12. The number of aliphatic imine (C=N–C) groups is 1. The van der Waals surface area contributed by atoms with Crippen molar-refractivity contribution in [3.8, 4) is 0 Å². The van der Waals surface area contributed by atoms with Crippen LogP contribution >= 0.6 is 11.8 Å². The van der Waals surface area contributed by atoms with Crippen molar-refractivity contribution in [3.05, 3.63) is 35.9 Å². The molecule has 1 aromatic carbocycles. The molecule has 0 aliphatic carbocycles. The van der Waals surface area contributed by atoms with Crippen LogP contribution < -0.4 is 0 Å². The van der Waals surface area contributed by atoms with Crippen LogP contribution in [0.2, 0.25) is 0 Å². The summed E-state index contributed by atoms with van der Waals surface area (Å²) >= 11 is 1.33. The van der Waals surface area contributed by atoms with Crippen LogP contribution in [0.5, 0.6) is 0 Å². The van der Waals surface area contributed by atoms with Crippen molar-refractivity contribution in [2.24, 2.45) is 4.99 Å². The zero-order chi connectivity index (χ0) is 9.97. The number of amides is 1. The van der Waals surface area contributed by atoms with Gasteiger partial charge in [-0.1, -0.05) is 49.0 Å². The third-order valence-corrected chi connectivity index (χ3v) is 3.33. The molecule has 1 atom stereocenters. The lowest BCUT2D eigenvalue weighted by molar-refractivity contribution is 0.268. The van der Waals surface area contributed by atoms with Gasteiger partial charge in [0.15, 0.2) is 0 Å². The number of benzene rings is 1. The van der Waals surface area contributed by atoms with Gasteiger partial charge < -0.3 is 0 Å². The van der Waals surface area contributed by atoms with Gasteiger partial charge in [-0.2, -0.15) is 0 Å². The summed E-state index contributed by atoms with van der Waals surface area (Å²) in [4.78, 5) is 15.2. The minimum Gasteiger partial charge on any atom is -0.259 e. The molecule has 1 aromatic rings. The van der Waals surface area contributed by atoms with Crippen LogP contribution in [0, 0.1) is 0 Å². The fourth-order valence-corrected chi connectivity index (χ4v) is 2.37. The SMILES string of the molecule is CCC1SC(=O)N=C1c1ccccc1. The Morgan fingerprint density at radius 3 is 2.71 bits per heavy atom. The first kappa shape index (κ1) is 9.46. The highest BCUT2D eigenvalue weighted by molar-refractivity contribution is 8.15. The Balaban J connectivity index is 2.34. The van der Waals surface area contributed by atoms with Crippen LogP contribution in [-0.2, 0) is 0 Å². The Hall–Kier alpha value is -1.09. The van der Waals surface area contributed by atoms with E-state index in [4.69, 9.17) is 0 Å². The van der Waals surface area contributed by atoms with Gasteiger partial charge in [-0.3, -0.25) is 4.79 Å². The van der Waals surface area contributed by atoms with E-state index in [1.54, 1.807) is 0 Å². The third kappa shape index (κ3) is 1.73. The van der Waals surface area contributed by atoms with Gasteiger partial charge in [0.1, 0.15) is 0 Å². The van der Waals surface area contributed by atoms with Gasteiger partial charge in [0.25, 0.3) is 0 Å². The molecule has 0 fully saturated rings. The molecule has 0 bridgehead atoms. The quantitative estimate of drug-likeness (QED) is 0.742. The van der Waals surface area contributed by atoms with E-state index >= 15 is 0 Å². The van der Waals surface area contributed by atoms with E-state index in [1.807, 2.05) is 30.3 Å². The summed E-state index contributed by atoms with van der Waals surface area (Å²) in [5, 5.41) is 0.181. The molecule has 0 saturated carbocycles. The highest BCUT2D eigenvalue weighted by Gasteiger charge is 2.26. The van der Waals surface area contributed by atoms with Crippen molar-refractivity contribution in [2.45, 2.75) is 18.6 Å². The first-order valence-corrected chi connectivity index (χ1v) is 5.54. The van der Waals surface area contributed by atoms with Crippen LogP contribution in [0.25, 0.3) is 0 Å². The summed E-state index contributed by atoms with van der Waals surface area (Å²) in [5.74, 6) is 0. The lowest BCUT2D eigenvalue weighted by Crippen LogP contribution is -2.13. The van der Waals surface area contributed by atoms with E-state index in [0.29, 0.717) is 0 Å². The lowest BCUT2D eigenvalue weighted by atomic mass is 10.1. The summed E-state index contributed by atoms with van der Waals surface area (Å²) in [5.41, 5.74) is 2.00. The molecule has 2 rings (SSSR count). The molecule has 3 heteroatoms. The minimum absolute atomic E-state index is 0.0595. The number of rotatable bonds is 2. The van der Waals surface area contributed by atoms with Gasteiger partial charge in [0.05, 0.1) is 11.0 Å². The fraction of sp³-hybridized carbons (Fsp3) is 0.273. The maximum Gasteiger partial charge on any atom is 0.305 e. The van der Waals surface area contributed by atoms with E-state index < -0.39 is 0 Å². The molecule has 1 heterocycles. The number of nitrogens with zero attached hydrogens (tertiary/aromatic N) is 1. The average molecular weight is 205 g/mol. The van der Waals surface area contributed by atoms with Crippen molar-refractivity contribution in [1.82, 2.24) is 0 Å². The average Bonchev–Trinajstić information content (AvgIpc) is 2.61. The van der Waals surface area contributed by atoms with Crippen LogP contribution in [0.4, 0.5) is 4.79 Å². The summed E-state index contributed by atoms with van der Waals surface area (Å²) < 4.78 is 0. The topological polar surface area (TPSA) is 29.4 Å². The monoisotopic (exact) mass is 205 g/mol. The minimum atomic E-state index is -0.0595. The highest BCUT2D eigenvalue weighted by Crippen LogP contribution is 2.28. The third-order valence-electron chi connectivity index (χ3n) is 2.20. The van der Waals surface area contributed by atoms with E-state index in [0.717, 1.165) is 17.7 Å². The first-order valence-electron chi connectivity index (χ1n) is 4.66. The van der Waals surface area contributed by atoms with Crippen molar-refractivity contribution in [1.29, 1.82) is 0 Å². The van der Waals surface area contributed by atoms with Gasteiger partial charge in [0.2, 0.25) is 0 Å². The second kappa shape index (κ2) is 3.96. The Morgan fingerprint density at radius 2 is 2.07 bits per heavy atom. The molecule has 0 saturated heterocycles. The molecule has 0 spiro atoms. The molecule has 2 nitrogen and oxygen atoms in total. The summed E-state index contributed by atoms with van der Waals surface area (Å²) in [6.07, 6.45) is 0.949. The van der Waals surface area contributed by atoms with Gasteiger partial charge in [-0.05, 0) is 12.0 Å². The second-order valence-electron chi connectivity index (χ2n) is 3.14. The molecular formula is C11H11NOS. The van der Waals surface area contributed by atoms with E-state index in [-0.39, 0.29) is 10.5 Å². The molecule has 0 radical (unpaired) electrons. The summed E-state index contributed by atoms with van der Waals surface area (Å²) in [6.45, 7) is 2.08. The smallest absolute Gasteiger partial charge is 0.259 e. The Morgan fingerprint density at radius 1 is 1.36 bits per heavy atom. The molecule has 14 heavy (non-hydrogen) atoms. The molecule has 72 valence electrons. The lowest BCUT2D eigenvalue weighted by Gasteiger charge is -2.07. The summed E-state index contributed by atoms with van der Waals surface area (Å²) in [6, 6.07) is 9.91. The Kier molecular flexibility index (Phi) is 2.68. The molecular weight excluding hydrogens is 194 g/mol. The van der Waals surface area contributed by atoms with Crippen LogP contribution in [0.15, 0.2) is 35.3 Å². The van der Waals surface area contributed by atoms with Gasteiger partial charge >= 0.3 is 5.24 Å². The molecule has 1 unspecified atom stereocenters. The predicted molar refractivity (Wildman–Crippen MR) is 60.0 cm³/mol. The number of hydrogen-bond donors (Lipinski definition) is 0. The van der Waals surface area contributed by atoms with Gasteiger partial charge in [-0.15, -0.1) is 0 Å². The molecule has 0 aromatic heterocycles. The van der Waals surface area contributed by atoms with Crippen molar-refractivity contribution < 1.29 is 4.79 Å². The van der Waals surface area contributed by atoms with Crippen molar-refractivity contribution >= 4 is 22.7 Å². The number of carbonyl (C=O) groups excluding carboxylic acids is 1. The maximum absolute atomic E-state index is 11.2. The molecule has 1 amide bonds. The molecule has 1 aliphatic rings. The van der Waals surface area contributed by atoms with Crippen LogP contribution in [0.1, 0.15) is 18.9 Å².